The normalized spacial score (nSPS) is 13.8. The van der Waals surface area contributed by atoms with Crippen LogP contribution >= 0.6 is 15.9 Å². The minimum absolute atomic E-state index is 0.175. The first-order valence-electron chi connectivity index (χ1n) is 5.56. The van der Waals surface area contributed by atoms with Crippen molar-refractivity contribution in [3.63, 3.8) is 0 Å². The first-order chi connectivity index (χ1) is 7.58. The predicted octanol–water partition coefficient (Wildman–Crippen LogP) is 3.61. The molecule has 1 heterocycles. The number of hydrogen-bond donors (Lipinski definition) is 0. The fourth-order valence-corrected chi connectivity index (χ4v) is 2.46. The zero-order chi connectivity index (χ0) is 11.7. The zero-order valence-corrected chi connectivity index (χ0v) is 11.1. The smallest absolute Gasteiger partial charge is 0.166 e. The van der Waals surface area contributed by atoms with Gasteiger partial charge in [0, 0.05) is 17.3 Å². The van der Waals surface area contributed by atoms with Crippen molar-refractivity contribution < 1.29 is 9.53 Å². The summed E-state index contributed by atoms with van der Waals surface area (Å²) in [7, 11) is 0. The maximum absolute atomic E-state index is 12.1. The molecule has 0 fully saturated rings. The molecule has 0 saturated carbocycles. The highest BCUT2D eigenvalue weighted by molar-refractivity contribution is 9.10. The molecule has 0 spiro atoms. The summed E-state index contributed by atoms with van der Waals surface area (Å²) in [6.07, 6.45) is 1.48. The molecule has 0 N–H and O–H groups in total. The number of hydrogen-bond acceptors (Lipinski definition) is 2. The highest BCUT2D eigenvalue weighted by atomic mass is 79.9. The number of Topliss-reactive ketones (excluding diaryl/α,β-unsaturated/α-hetero) is 1. The number of carbonyl (C=O) groups is 1. The molecular formula is C13H15BrO2. The molecule has 0 atom stereocenters. The number of carbonyl (C=O) groups excluding carboxylic acids is 1. The molecule has 0 amide bonds. The molecule has 0 unspecified atom stereocenters. The molecular weight excluding hydrogens is 268 g/mol. The van der Waals surface area contributed by atoms with E-state index >= 15 is 0 Å². The Labute approximate surface area is 104 Å². The van der Waals surface area contributed by atoms with E-state index in [9.17, 15) is 4.79 Å². The Morgan fingerprint density at radius 1 is 1.50 bits per heavy atom. The van der Waals surface area contributed by atoms with Gasteiger partial charge < -0.3 is 4.74 Å². The quantitative estimate of drug-likeness (QED) is 0.792. The molecule has 3 heteroatoms. The van der Waals surface area contributed by atoms with Gasteiger partial charge in [-0.25, -0.2) is 0 Å². The van der Waals surface area contributed by atoms with Gasteiger partial charge >= 0.3 is 0 Å². The maximum atomic E-state index is 12.1. The van der Waals surface area contributed by atoms with Crippen molar-refractivity contribution in [2.45, 2.75) is 26.7 Å². The van der Waals surface area contributed by atoms with Gasteiger partial charge in [0.05, 0.1) is 12.2 Å². The Morgan fingerprint density at radius 2 is 2.25 bits per heavy atom. The van der Waals surface area contributed by atoms with E-state index in [0.29, 0.717) is 18.9 Å². The Bertz CT molecular complexity index is 424. The predicted molar refractivity (Wildman–Crippen MR) is 67.1 cm³/mol. The van der Waals surface area contributed by atoms with Crippen LogP contribution in [0.5, 0.6) is 5.75 Å². The number of halogens is 1. The topological polar surface area (TPSA) is 26.3 Å². The first kappa shape index (κ1) is 11.6. The number of ketones is 1. The molecule has 16 heavy (non-hydrogen) atoms. The van der Waals surface area contributed by atoms with Gasteiger partial charge in [-0.1, -0.05) is 29.8 Å². The molecule has 1 aliphatic heterocycles. The summed E-state index contributed by atoms with van der Waals surface area (Å²) in [6, 6.07) is 3.91. The van der Waals surface area contributed by atoms with Gasteiger partial charge in [-0.3, -0.25) is 4.79 Å². The third-order valence-electron chi connectivity index (χ3n) is 2.64. The molecule has 0 aliphatic carbocycles. The summed E-state index contributed by atoms with van der Waals surface area (Å²) in [6.45, 7) is 4.79. The lowest BCUT2D eigenvalue weighted by Gasteiger charge is -2.09. The minimum atomic E-state index is 0.175. The van der Waals surface area contributed by atoms with Gasteiger partial charge in [0.1, 0.15) is 5.75 Å². The SMILES string of the molecule is CC(C)CC(=O)c1cc(Br)cc2c1OCC2. The van der Waals surface area contributed by atoms with E-state index in [-0.39, 0.29) is 5.78 Å². The summed E-state index contributed by atoms with van der Waals surface area (Å²) in [5, 5.41) is 0. The van der Waals surface area contributed by atoms with Crippen LogP contribution in [0.1, 0.15) is 36.2 Å². The van der Waals surface area contributed by atoms with Crippen LogP contribution in [-0.2, 0) is 6.42 Å². The van der Waals surface area contributed by atoms with E-state index in [1.165, 1.54) is 0 Å². The van der Waals surface area contributed by atoms with E-state index < -0.39 is 0 Å². The summed E-state index contributed by atoms with van der Waals surface area (Å²) in [5.41, 5.74) is 1.87. The molecule has 0 saturated heterocycles. The summed E-state index contributed by atoms with van der Waals surface area (Å²) < 4.78 is 6.51. The van der Waals surface area contributed by atoms with Crippen LogP contribution in [0, 0.1) is 5.92 Å². The van der Waals surface area contributed by atoms with E-state index in [4.69, 9.17) is 4.74 Å². The first-order valence-corrected chi connectivity index (χ1v) is 6.35. The molecule has 2 rings (SSSR count). The molecule has 1 aliphatic rings. The average Bonchev–Trinajstić information content (AvgIpc) is 2.62. The molecule has 0 radical (unpaired) electrons. The monoisotopic (exact) mass is 282 g/mol. The lowest BCUT2D eigenvalue weighted by molar-refractivity contribution is 0.0964. The minimum Gasteiger partial charge on any atom is -0.492 e. The van der Waals surface area contributed by atoms with E-state index in [1.54, 1.807) is 0 Å². The van der Waals surface area contributed by atoms with Gasteiger partial charge in [0.15, 0.2) is 5.78 Å². The zero-order valence-electron chi connectivity index (χ0n) is 9.55. The Kier molecular flexibility index (Phi) is 3.33. The summed E-state index contributed by atoms with van der Waals surface area (Å²) >= 11 is 3.44. The second-order valence-electron chi connectivity index (χ2n) is 4.56. The molecule has 0 bridgehead atoms. The number of ether oxygens (including phenoxy) is 1. The van der Waals surface area contributed by atoms with Gasteiger partial charge in [-0.15, -0.1) is 0 Å². The van der Waals surface area contributed by atoms with Crippen molar-refractivity contribution in [1.82, 2.24) is 0 Å². The molecule has 1 aromatic rings. The standard InChI is InChI=1S/C13H15BrO2/c1-8(2)5-12(15)11-7-10(14)6-9-3-4-16-13(9)11/h6-8H,3-5H2,1-2H3. The average molecular weight is 283 g/mol. The number of fused-ring (bicyclic) bond motifs is 1. The Morgan fingerprint density at radius 3 is 2.94 bits per heavy atom. The van der Waals surface area contributed by atoms with Crippen molar-refractivity contribution in [2.24, 2.45) is 5.92 Å². The lowest BCUT2D eigenvalue weighted by atomic mass is 9.98. The third-order valence-corrected chi connectivity index (χ3v) is 3.10. The highest BCUT2D eigenvalue weighted by Crippen LogP contribution is 2.34. The largest absolute Gasteiger partial charge is 0.492 e. The second kappa shape index (κ2) is 4.58. The van der Waals surface area contributed by atoms with Crippen molar-refractivity contribution in [3.8, 4) is 5.75 Å². The molecule has 2 nitrogen and oxygen atoms in total. The summed E-state index contributed by atoms with van der Waals surface area (Å²) in [4.78, 5) is 12.1. The Balaban J connectivity index is 2.37. The van der Waals surface area contributed by atoms with Crippen molar-refractivity contribution in [2.75, 3.05) is 6.61 Å². The maximum Gasteiger partial charge on any atom is 0.166 e. The van der Waals surface area contributed by atoms with Crippen LogP contribution in [0.3, 0.4) is 0 Å². The number of rotatable bonds is 3. The van der Waals surface area contributed by atoms with Gasteiger partial charge in [-0.05, 0) is 23.6 Å². The van der Waals surface area contributed by atoms with Crippen LogP contribution in [0.25, 0.3) is 0 Å². The third kappa shape index (κ3) is 2.29. The summed E-state index contributed by atoms with van der Waals surface area (Å²) in [5.74, 6) is 1.35. The highest BCUT2D eigenvalue weighted by Gasteiger charge is 2.22. The lowest BCUT2D eigenvalue weighted by Crippen LogP contribution is -2.05. The van der Waals surface area contributed by atoms with E-state index in [1.807, 2.05) is 12.1 Å². The fraction of sp³-hybridized carbons (Fsp3) is 0.462. The molecule has 0 aromatic heterocycles. The van der Waals surface area contributed by atoms with Gasteiger partial charge in [0.25, 0.3) is 0 Å². The van der Waals surface area contributed by atoms with E-state index in [0.717, 1.165) is 27.8 Å². The number of benzene rings is 1. The molecule has 1 aromatic carbocycles. The molecule has 86 valence electrons. The van der Waals surface area contributed by atoms with Crippen LogP contribution in [0.4, 0.5) is 0 Å². The van der Waals surface area contributed by atoms with Crippen molar-refractivity contribution >= 4 is 21.7 Å². The van der Waals surface area contributed by atoms with Crippen LogP contribution in [0.2, 0.25) is 0 Å². The fourth-order valence-electron chi connectivity index (χ4n) is 1.96. The van der Waals surface area contributed by atoms with Crippen LogP contribution in [0.15, 0.2) is 16.6 Å². The Hall–Kier alpha value is -0.830. The van der Waals surface area contributed by atoms with Crippen LogP contribution in [-0.4, -0.2) is 12.4 Å². The second-order valence-corrected chi connectivity index (χ2v) is 5.48. The van der Waals surface area contributed by atoms with Crippen molar-refractivity contribution in [1.29, 1.82) is 0 Å². The van der Waals surface area contributed by atoms with E-state index in [2.05, 4.69) is 29.8 Å². The van der Waals surface area contributed by atoms with Crippen LogP contribution < -0.4 is 4.74 Å². The van der Waals surface area contributed by atoms with Crippen molar-refractivity contribution in [3.05, 3.63) is 27.7 Å². The van der Waals surface area contributed by atoms with Gasteiger partial charge in [-0.2, -0.15) is 0 Å². The van der Waals surface area contributed by atoms with Gasteiger partial charge in [0.2, 0.25) is 0 Å².